The van der Waals surface area contributed by atoms with Crippen molar-refractivity contribution in [2.75, 3.05) is 6.79 Å². The third-order valence-corrected chi connectivity index (χ3v) is 6.40. The first kappa shape index (κ1) is 18.1. The van der Waals surface area contributed by atoms with Crippen LogP contribution >= 0.6 is 27.3 Å². The predicted octanol–water partition coefficient (Wildman–Crippen LogP) is 4.96. The highest BCUT2D eigenvalue weighted by Gasteiger charge is 2.35. The number of hydrogen-bond acceptors (Lipinski definition) is 5. The summed E-state index contributed by atoms with van der Waals surface area (Å²) in [4.78, 5) is 28.6. The highest BCUT2D eigenvalue weighted by Crippen LogP contribution is 2.36. The minimum atomic E-state index is -0.309. The van der Waals surface area contributed by atoms with Gasteiger partial charge in [0.25, 0.3) is 11.8 Å². The molecule has 0 spiro atoms. The van der Waals surface area contributed by atoms with Crippen molar-refractivity contribution in [2.24, 2.45) is 0 Å². The fourth-order valence-electron chi connectivity index (χ4n) is 3.46. The minimum absolute atomic E-state index is 0.161. The fourth-order valence-corrected chi connectivity index (χ4v) is 4.82. The third-order valence-electron chi connectivity index (χ3n) is 4.83. The van der Waals surface area contributed by atoms with Crippen molar-refractivity contribution in [1.82, 2.24) is 4.90 Å². The Morgan fingerprint density at radius 1 is 0.966 bits per heavy atom. The maximum atomic E-state index is 13.3. The van der Waals surface area contributed by atoms with Crippen LogP contribution in [-0.2, 0) is 11.3 Å². The molecule has 5 rings (SSSR count). The summed E-state index contributed by atoms with van der Waals surface area (Å²) in [6.45, 7) is 0.338. The van der Waals surface area contributed by atoms with Crippen LogP contribution in [0.1, 0.15) is 26.4 Å². The normalized spacial score (nSPS) is 16.4. The van der Waals surface area contributed by atoms with Gasteiger partial charge in [-0.1, -0.05) is 24.3 Å². The summed E-state index contributed by atoms with van der Waals surface area (Å²) in [6.07, 6.45) is 1.84. The van der Waals surface area contributed by atoms with Crippen molar-refractivity contribution in [1.29, 1.82) is 0 Å². The average Bonchev–Trinajstić information content (AvgIpc) is 3.36. The van der Waals surface area contributed by atoms with Crippen molar-refractivity contribution >= 4 is 50.7 Å². The van der Waals surface area contributed by atoms with Crippen molar-refractivity contribution in [3.63, 3.8) is 0 Å². The van der Waals surface area contributed by atoms with Crippen LogP contribution in [0.15, 0.2) is 58.4 Å². The molecule has 7 heteroatoms. The van der Waals surface area contributed by atoms with E-state index in [2.05, 4.69) is 15.9 Å². The fraction of sp³-hybridized carbons (Fsp3) is 0.0909. The van der Waals surface area contributed by atoms with Gasteiger partial charge in [0, 0.05) is 16.0 Å². The molecule has 0 atom stereocenters. The van der Waals surface area contributed by atoms with Gasteiger partial charge < -0.3 is 9.47 Å². The lowest BCUT2D eigenvalue weighted by atomic mass is 9.92. The summed E-state index contributed by atoms with van der Waals surface area (Å²) in [7, 11) is 0. The van der Waals surface area contributed by atoms with Crippen LogP contribution in [0.2, 0.25) is 0 Å². The maximum Gasteiger partial charge on any atom is 0.261 e. The minimum Gasteiger partial charge on any atom is -0.454 e. The number of benzene rings is 2. The molecule has 0 aliphatic carbocycles. The van der Waals surface area contributed by atoms with Gasteiger partial charge in [-0.25, -0.2) is 0 Å². The van der Waals surface area contributed by atoms with Crippen LogP contribution in [0.25, 0.3) is 11.6 Å². The zero-order chi connectivity index (χ0) is 20.0. The monoisotopic (exact) mass is 467 g/mol. The van der Waals surface area contributed by atoms with Gasteiger partial charge in [-0.3, -0.25) is 14.5 Å². The molecular formula is C22H14BrNO4S. The molecule has 0 fully saturated rings. The summed E-state index contributed by atoms with van der Waals surface area (Å²) in [5.74, 6) is 0.682. The van der Waals surface area contributed by atoms with Gasteiger partial charge in [0.1, 0.15) is 0 Å². The second-order valence-electron chi connectivity index (χ2n) is 6.63. The molecule has 0 saturated carbocycles. The quantitative estimate of drug-likeness (QED) is 0.403. The second-order valence-corrected chi connectivity index (χ2v) is 9.12. The molecule has 5 nitrogen and oxygen atoms in total. The number of nitrogens with zero attached hydrogens (tertiary/aromatic N) is 1. The molecule has 144 valence electrons. The molecule has 0 radical (unpaired) electrons. The summed E-state index contributed by atoms with van der Waals surface area (Å²) in [6, 6.07) is 16.5. The largest absolute Gasteiger partial charge is 0.454 e. The molecule has 2 aliphatic rings. The highest BCUT2D eigenvalue weighted by atomic mass is 79.9. The average molecular weight is 468 g/mol. The first-order chi connectivity index (χ1) is 14.1. The number of hydrogen-bond donors (Lipinski definition) is 0. The lowest BCUT2D eigenvalue weighted by Crippen LogP contribution is -2.41. The molecule has 3 heterocycles. The Bertz CT molecular complexity index is 1180. The third kappa shape index (κ3) is 3.26. The van der Waals surface area contributed by atoms with E-state index in [1.807, 2.05) is 48.5 Å². The molecule has 0 unspecified atom stereocenters. The lowest BCUT2D eigenvalue weighted by Gasteiger charge is -2.28. The Kier molecular flexibility index (Phi) is 4.49. The number of halogens is 1. The van der Waals surface area contributed by atoms with Gasteiger partial charge in [0.05, 0.1) is 10.3 Å². The van der Waals surface area contributed by atoms with Crippen LogP contribution in [-0.4, -0.2) is 23.5 Å². The molecule has 2 aromatic carbocycles. The van der Waals surface area contributed by atoms with Gasteiger partial charge >= 0.3 is 0 Å². The summed E-state index contributed by atoms with van der Waals surface area (Å²) < 4.78 is 11.7. The van der Waals surface area contributed by atoms with Crippen molar-refractivity contribution in [3.05, 3.63) is 80.0 Å². The molecular weight excluding hydrogens is 454 g/mol. The SMILES string of the molecule is O=C1C(=Cc2ccc(Br)s2)c2ccccc2C(=O)N1Cc1ccc2c(c1)OCO2. The van der Waals surface area contributed by atoms with Crippen LogP contribution in [0.4, 0.5) is 0 Å². The van der Waals surface area contributed by atoms with E-state index in [0.29, 0.717) is 28.2 Å². The van der Waals surface area contributed by atoms with E-state index >= 15 is 0 Å². The molecule has 0 bridgehead atoms. The molecule has 1 aromatic heterocycles. The van der Waals surface area contributed by atoms with Gasteiger partial charge in [-0.15, -0.1) is 11.3 Å². The number of fused-ring (bicyclic) bond motifs is 2. The topological polar surface area (TPSA) is 55.8 Å². The number of carbonyl (C=O) groups is 2. The first-order valence-corrected chi connectivity index (χ1v) is 10.5. The lowest BCUT2D eigenvalue weighted by molar-refractivity contribution is -0.123. The Balaban J connectivity index is 1.55. The molecule has 29 heavy (non-hydrogen) atoms. The number of imide groups is 1. The van der Waals surface area contributed by atoms with Gasteiger partial charge in [0.2, 0.25) is 6.79 Å². The van der Waals surface area contributed by atoms with E-state index in [9.17, 15) is 9.59 Å². The van der Waals surface area contributed by atoms with E-state index in [1.165, 1.54) is 16.2 Å². The van der Waals surface area contributed by atoms with Crippen LogP contribution < -0.4 is 9.47 Å². The van der Waals surface area contributed by atoms with Crippen molar-refractivity contribution in [3.8, 4) is 11.5 Å². The van der Waals surface area contributed by atoms with Gasteiger partial charge in [-0.05, 0) is 63.5 Å². The van der Waals surface area contributed by atoms with Crippen molar-refractivity contribution < 1.29 is 19.1 Å². The van der Waals surface area contributed by atoms with E-state index in [-0.39, 0.29) is 25.2 Å². The van der Waals surface area contributed by atoms with E-state index in [1.54, 1.807) is 12.1 Å². The molecule has 2 aliphatic heterocycles. The van der Waals surface area contributed by atoms with Gasteiger partial charge in [-0.2, -0.15) is 0 Å². The van der Waals surface area contributed by atoms with E-state index < -0.39 is 0 Å². The highest BCUT2D eigenvalue weighted by molar-refractivity contribution is 9.11. The maximum absolute atomic E-state index is 13.3. The predicted molar refractivity (Wildman–Crippen MR) is 114 cm³/mol. The van der Waals surface area contributed by atoms with Crippen LogP contribution in [0.5, 0.6) is 11.5 Å². The Morgan fingerprint density at radius 2 is 1.76 bits per heavy atom. The Morgan fingerprint density at radius 3 is 2.55 bits per heavy atom. The van der Waals surface area contributed by atoms with E-state index in [4.69, 9.17) is 9.47 Å². The smallest absolute Gasteiger partial charge is 0.261 e. The number of carbonyl (C=O) groups excluding carboxylic acids is 2. The second kappa shape index (κ2) is 7.17. The molecule has 0 saturated heterocycles. The molecule has 3 aromatic rings. The number of ether oxygens (including phenoxy) is 2. The molecule has 0 N–H and O–H groups in total. The van der Waals surface area contributed by atoms with Gasteiger partial charge in [0.15, 0.2) is 11.5 Å². The Hall–Kier alpha value is -2.90. The number of rotatable bonds is 3. The Labute approximate surface area is 179 Å². The zero-order valence-corrected chi connectivity index (χ0v) is 17.5. The zero-order valence-electron chi connectivity index (χ0n) is 15.1. The van der Waals surface area contributed by atoms with E-state index in [0.717, 1.165) is 14.2 Å². The van der Waals surface area contributed by atoms with Crippen LogP contribution in [0, 0.1) is 0 Å². The van der Waals surface area contributed by atoms with Crippen LogP contribution in [0.3, 0.4) is 0 Å². The summed E-state index contributed by atoms with van der Waals surface area (Å²) in [5, 5.41) is 0. The van der Waals surface area contributed by atoms with Crippen molar-refractivity contribution in [2.45, 2.75) is 6.54 Å². The number of amides is 2. The standard InChI is InChI=1S/C22H14BrNO4S/c23-20-8-6-14(29-20)10-17-15-3-1-2-4-16(15)21(25)24(22(17)26)11-13-5-7-18-19(9-13)28-12-27-18/h1-10H,11-12H2. The summed E-state index contributed by atoms with van der Waals surface area (Å²) in [5.41, 5.74) is 2.49. The summed E-state index contributed by atoms with van der Waals surface area (Å²) >= 11 is 4.98. The first-order valence-electron chi connectivity index (χ1n) is 8.91. The molecule has 2 amide bonds. The number of thiophene rings is 1.